The van der Waals surface area contributed by atoms with Crippen LogP contribution in [0.3, 0.4) is 0 Å². The number of alkyl halides is 6. The predicted molar refractivity (Wildman–Crippen MR) is 127 cm³/mol. The second-order valence-corrected chi connectivity index (χ2v) is 9.88. The minimum absolute atomic E-state index is 0.0366. The van der Waals surface area contributed by atoms with Crippen LogP contribution in [0, 0.1) is 5.92 Å². The van der Waals surface area contributed by atoms with Crippen molar-refractivity contribution >= 4 is 58.4 Å². The Bertz CT molecular complexity index is 996. The lowest BCUT2D eigenvalue weighted by Gasteiger charge is -2.18. The van der Waals surface area contributed by atoms with Crippen LogP contribution in [0.4, 0.5) is 26.3 Å². The monoisotopic (exact) mass is 562 g/mol. The first-order chi connectivity index (χ1) is 15.7. The van der Waals surface area contributed by atoms with E-state index < -0.39 is 24.0 Å². The summed E-state index contributed by atoms with van der Waals surface area (Å²) in [6, 6.07) is 8.12. The molecule has 186 valence electrons. The van der Waals surface area contributed by atoms with Crippen molar-refractivity contribution in [3.63, 3.8) is 0 Å². The molecular weight excluding hydrogens is 545 g/mol. The molecule has 2 rings (SSSR count). The fraction of sp³-hybridized carbons (Fsp3) is 0.348. The van der Waals surface area contributed by atoms with Gasteiger partial charge in [0.05, 0.1) is 26.7 Å². The van der Waals surface area contributed by atoms with Gasteiger partial charge in [0, 0.05) is 12.0 Å². The summed E-state index contributed by atoms with van der Waals surface area (Å²) in [4.78, 5) is 12.4. The normalized spacial score (nSPS) is 14.4. The van der Waals surface area contributed by atoms with Crippen molar-refractivity contribution in [3.05, 3.63) is 74.2 Å². The van der Waals surface area contributed by atoms with Crippen LogP contribution in [0.1, 0.15) is 40.7 Å². The summed E-state index contributed by atoms with van der Waals surface area (Å²) in [6.45, 7) is 1.69. The first-order valence-electron chi connectivity index (χ1n) is 9.84. The Labute approximate surface area is 212 Å². The number of halogens is 9. The van der Waals surface area contributed by atoms with E-state index >= 15 is 0 Å². The van der Waals surface area contributed by atoms with Gasteiger partial charge in [-0.2, -0.15) is 38.1 Å². The number of benzene rings is 2. The van der Waals surface area contributed by atoms with Crippen LogP contribution in [-0.4, -0.2) is 29.6 Å². The SMILES string of the molecule is C[C@H](CSCC(F)(F)F)CC(=O)c1ccc(/C=C/C(c2cc(Cl)c(Cl)c(Cl)c2)C(F)(F)F)cc1. The second-order valence-electron chi connectivity index (χ2n) is 7.66. The van der Waals surface area contributed by atoms with Gasteiger partial charge < -0.3 is 0 Å². The Kier molecular flexibility index (Phi) is 10.2. The molecule has 34 heavy (non-hydrogen) atoms. The molecule has 0 amide bonds. The van der Waals surface area contributed by atoms with Crippen molar-refractivity contribution in [2.24, 2.45) is 5.92 Å². The summed E-state index contributed by atoms with van der Waals surface area (Å²) in [5.41, 5.74) is 0.575. The number of ketones is 1. The van der Waals surface area contributed by atoms with E-state index in [4.69, 9.17) is 34.8 Å². The standard InChI is InChI=1S/C23H19Cl3F6OS/c1-13(11-34-12-22(27,28)29)8-20(33)15-5-2-14(3-6-15)4-7-17(23(30,31)32)16-9-18(24)21(26)19(25)10-16/h2-7,9-10,13,17H,8,11-12H2,1H3/b7-4+/t13-,17?/m0/s1. The van der Waals surface area contributed by atoms with Crippen LogP contribution in [0.5, 0.6) is 0 Å². The van der Waals surface area contributed by atoms with Crippen molar-refractivity contribution in [3.8, 4) is 0 Å². The maximum atomic E-state index is 13.6. The van der Waals surface area contributed by atoms with Gasteiger partial charge >= 0.3 is 12.4 Å². The molecule has 1 unspecified atom stereocenters. The summed E-state index contributed by atoms with van der Waals surface area (Å²) in [6.07, 6.45) is -6.59. The molecule has 0 saturated heterocycles. The molecule has 2 atom stereocenters. The molecule has 0 N–H and O–H groups in total. The average Bonchev–Trinajstić information content (AvgIpc) is 2.70. The summed E-state index contributed by atoms with van der Waals surface area (Å²) in [7, 11) is 0. The van der Waals surface area contributed by atoms with Crippen LogP contribution in [-0.2, 0) is 0 Å². The zero-order valence-corrected chi connectivity index (χ0v) is 20.7. The first kappa shape index (κ1) is 28.9. The fourth-order valence-corrected chi connectivity index (χ4v) is 4.50. The number of allylic oxidation sites excluding steroid dienone is 1. The molecule has 0 radical (unpaired) electrons. The van der Waals surface area contributed by atoms with Crippen molar-refractivity contribution in [1.82, 2.24) is 0 Å². The molecule has 0 aromatic heterocycles. The first-order valence-corrected chi connectivity index (χ1v) is 12.1. The topological polar surface area (TPSA) is 17.1 Å². The van der Waals surface area contributed by atoms with Gasteiger partial charge in [0.25, 0.3) is 0 Å². The molecule has 11 heteroatoms. The number of rotatable bonds is 9. The zero-order valence-electron chi connectivity index (χ0n) is 17.6. The van der Waals surface area contributed by atoms with Crippen molar-refractivity contribution in [2.75, 3.05) is 11.5 Å². The summed E-state index contributed by atoms with van der Waals surface area (Å²) >= 11 is 18.3. The average molecular weight is 564 g/mol. The Balaban J connectivity index is 2.08. The molecular formula is C23H19Cl3F6OS. The minimum atomic E-state index is -4.62. The quantitative estimate of drug-likeness (QED) is 0.172. The van der Waals surface area contributed by atoms with Gasteiger partial charge in [0.1, 0.15) is 0 Å². The summed E-state index contributed by atoms with van der Waals surface area (Å²) < 4.78 is 77.6. The predicted octanol–water partition coefficient (Wildman–Crippen LogP) is 9.51. The number of Topliss-reactive ketones (excluding diaryl/α,β-unsaturated/α-hetero) is 1. The van der Waals surface area contributed by atoms with Crippen molar-refractivity contribution in [1.29, 1.82) is 0 Å². The smallest absolute Gasteiger partial charge is 0.294 e. The third kappa shape index (κ3) is 9.02. The second kappa shape index (κ2) is 12.1. The molecule has 0 aliphatic carbocycles. The molecule has 2 aromatic carbocycles. The summed E-state index contributed by atoms with van der Waals surface area (Å²) in [5, 5.41) is -0.230. The third-order valence-electron chi connectivity index (χ3n) is 4.63. The lowest BCUT2D eigenvalue weighted by atomic mass is 9.96. The van der Waals surface area contributed by atoms with E-state index in [1.54, 1.807) is 6.92 Å². The third-order valence-corrected chi connectivity index (χ3v) is 7.17. The summed E-state index contributed by atoms with van der Waals surface area (Å²) in [5.74, 6) is -3.29. The lowest BCUT2D eigenvalue weighted by Crippen LogP contribution is -2.19. The largest absolute Gasteiger partial charge is 0.399 e. The molecule has 0 aliphatic heterocycles. The molecule has 0 bridgehead atoms. The van der Waals surface area contributed by atoms with Gasteiger partial charge in [-0.1, -0.05) is 78.1 Å². The number of hydrogen-bond acceptors (Lipinski definition) is 2. The van der Waals surface area contributed by atoms with Gasteiger partial charge in [-0.25, -0.2) is 0 Å². The Hall–Kier alpha value is -1.35. The molecule has 0 fully saturated rings. The van der Waals surface area contributed by atoms with E-state index in [2.05, 4.69) is 0 Å². The molecule has 0 spiro atoms. The van der Waals surface area contributed by atoms with E-state index in [-0.39, 0.29) is 44.5 Å². The fourth-order valence-electron chi connectivity index (χ4n) is 3.02. The molecule has 1 nitrogen and oxygen atoms in total. The van der Waals surface area contributed by atoms with Crippen LogP contribution in [0.25, 0.3) is 6.08 Å². The highest BCUT2D eigenvalue weighted by molar-refractivity contribution is 7.99. The minimum Gasteiger partial charge on any atom is -0.294 e. The number of carbonyl (C=O) groups is 1. The Morgan fingerprint density at radius 3 is 2.06 bits per heavy atom. The van der Waals surface area contributed by atoms with Gasteiger partial charge in [0.15, 0.2) is 5.78 Å². The highest BCUT2D eigenvalue weighted by atomic mass is 35.5. The number of carbonyl (C=O) groups excluding carboxylic acids is 1. The Morgan fingerprint density at radius 2 is 1.56 bits per heavy atom. The van der Waals surface area contributed by atoms with E-state index in [0.717, 1.165) is 30.0 Å². The lowest BCUT2D eigenvalue weighted by molar-refractivity contribution is -0.139. The highest BCUT2D eigenvalue weighted by Crippen LogP contribution is 2.41. The van der Waals surface area contributed by atoms with Gasteiger partial charge in [-0.05, 0) is 34.9 Å². The van der Waals surface area contributed by atoms with Gasteiger partial charge in [-0.3, -0.25) is 4.79 Å². The molecule has 0 heterocycles. The highest BCUT2D eigenvalue weighted by Gasteiger charge is 2.39. The van der Waals surface area contributed by atoms with Crippen LogP contribution < -0.4 is 0 Å². The molecule has 0 aliphatic rings. The van der Waals surface area contributed by atoms with Gasteiger partial charge in [-0.15, -0.1) is 0 Å². The number of thioether (sulfide) groups is 1. The Morgan fingerprint density at radius 1 is 1.00 bits per heavy atom. The maximum absolute atomic E-state index is 13.6. The van der Waals surface area contributed by atoms with E-state index in [0.29, 0.717) is 11.1 Å². The van der Waals surface area contributed by atoms with Crippen LogP contribution in [0.2, 0.25) is 15.1 Å². The molecule has 0 saturated carbocycles. The van der Waals surface area contributed by atoms with Crippen LogP contribution >= 0.6 is 46.6 Å². The molecule has 2 aromatic rings. The van der Waals surface area contributed by atoms with E-state index in [9.17, 15) is 31.1 Å². The van der Waals surface area contributed by atoms with Crippen LogP contribution in [0.15, 0.2) is 42.5 Å². The number of hydrogen-bond donors (Lipinski definition) is 0. The van der Waals surface area contributed by atoms with Crippen molar-refractivity contribution in [2.45, 2.75) is 31.6 Å². The van der Waals surface area contributed by atoms with E-state index in [1.807, 2.05) is 0 Å². The van der Waals surface area contributed by atoms with E-state index in [1.165, 1.54) is 30.3 Å². The zero-order chi connectivity index (χ0) is 25.7. The maximum Gasteiger partial charge on any atom is 0.399 e. The van der Waals surface area contributed by atoms with Crippen molar-refractivity contribution < 1.29 is 31.1 Å². The van der Waals surface area contributed by atoms with Gasteiger partial charge in [0.2, 0.25) is 0 Å².